The van der Waals surface area contributed by atoms with Crippen molar-refractivity contribution in [3.05, 3.63) is 29.4 Å². The Morgan fingerprint density at radius 2 is 2.04 bits per heavy atom. The van der Waals surface area contributed by atoms with E-state index < -0.39 is 0 Å². The number of aromatic nitrogens is 1. The lowest BCUT2D eigenvalue weighted by molar-refractivity contribution is 0.303. The van der Waals surface area contributed by atoms with Crippen LogP contribution < -0.4 is 10.1 Å². The quantitative estimate of drug-likeness (QED) is 0.707. The number of hydrogen-bond acceptors (Lipinski definition) is 4. The molecule has 1 heterocycles. The first-order valence-electron chi connectivity index (χ1n) is 7.78. The lowest BCUT2D eigenvalue weighted by atomic mass is 10.1. The Morgan fingerprint density at radius 1 is 1.30 bits per heavy atom. The normalized spacial score (nSPS) is 10.7. The SMILES string of the molecule is CCN(CC)CCCNc1cc(OC)c(Cl)c2cccnc12.Cl. The minimum Gasteiger partial charge on any atom is -0.495 e. The van der Waals surface area contributed by atoms with Gasteiger partial charge >= 0.3 is 0 Å². The molecule has 0 spiro atoms. The maximum atomic E-state index is 6.35. The Kier molecular flexibility index (Phi) is 8.45. The fraction of sp³-hybridized carbons (Fsp3) is 0.471. The standard InChI is InChI=1S/C17H24ClN3O.ClH/c1-4-21(5-2)11-7-10-19-14-12-15(22-3)16(18)13-8-6-9-20-17(13)14;/h6,8-9,12,19H,4-5,7,10-11H2,1-3H3;1H. The van der Waals surface area contributed by atoms with Crippen LogP contribution in [-0.2, 0) is 0 Å². The van der Waals surface area contributed by atoms with Crippen molar-refractivity contribution in [3.8, 4) is 5.75 Å². The van der Waals surface area contributed by atoms with Gasteiger partial charge in [-0.2, -0.15) is 0 Å². The van der Waals surface area contributed by atoms with Crippen molar-refractivity contribution in [2.24, 2.45) is 0 Å². The zero-order valence-electron chi connectivity index (χ0n) is 13.9. The van der Waals surface area contributed by atoms with Crippen LogP contribution in [-0.4, -0.2) is 43.2 Å². The van der Waals surface area contributed by atoms with Crippen LogP contribution in [0, 0.1) is 0 Å². The van der Waals surface area contributed by atoms with E-state index >= 15 is 0 Å². The molecule has 128 valence electrons. The van der Waals surface area contributed by atoms with Gasteiger partial charge in [0.2, 0.25) is 0 Å². The number of nitrogens with zero attached hydrogens (tertiary/aromatic N) is 2. The van der Waals surface area contributed by atoms with Crippen LogP contribution in [0.2, 0.25) is 5.02 Å². The minimum atomic E-state index is 0. The Bertz CT molecular complexity index is 618. The van der Waals surface area contributed by atoms with E-state index in [1.807, 2.05) is 18.2 Å². The molecule has 0 amide bonds. The molecule has 0 fully saturated rings. The first-order chi connectivity index (χ1) is 10.7. The van der Waals surface area contributed by atoms with Crippen molar-refractivity contribution in [2.45, 2.75) is 20.3 Å². The van der Waals surface area contributed by atoms with Gasteiger partial charge in [-0.3, -0.25) is 4.98 Å². The summed E-state index contributed by atoms with van der Waals surface area (Å²) in [7, 11) is 1.63. The smallest absolute Gasteiger partial charge is 0.140 e. The summed E-state index contributed by atoms with van der Waals surface area (Å²) in [5.41, 5.74) is 1.85. The Hall–Kier alpha value is -1.23. The Balaban J connectivity index is 0.00000264. The van der Waals surface area contributed by atoms with Gasteiger partial charge in [-0.25, -0.2) is 0 Å². The average Bonchev–Trinajstić information content (AvgIpc) is 2.57. The number of ether oxygens (including phenoxy) is 1. The molecule has 23 heavy (non-hydrogen) atoms. The largest absolute Gasteiger partial charge is 0.495 e. The van der Waals surface area contributed by atoms with Crippen molar-refractivity contribution < 1.29 is 4.74 Å². The van der Waals surface area contributed by atoms with Crippen LogP contribution in [0.15, 0.2) is 24.4 Å². The number of benzene rings is 1. The predicted molar refractivity (Wildman–Crippen MR) is 101 cm³/mol. The summed E-state index contributed by atoms with van der Waals surface area (Å²) in [6.07, 6.45) is 2.87. The van der Waals surface area contributed by atoms with Crippen LogP contribution in [0.3, 0.4) is 0 Å². The third kappa shape index (κ3) is 4.87. The van der Waals surface area contributed by atoms with Gasteiger partial charge in [0, 0.05) is 24.2 Å². The van der Waals surface area contributed by atoms with E-state index in [2.05, 4.69) is 29.0 Å². The highest BCUT2D eigenvalue weighted by Crippen LogP contribution is 2.36. The fourth-order valence-corrected chi connectivity index (χ4v) is 2.83. The zero-order valence-corrected chi connectivity index (χ0v) is 15.5. The van der Waals surface area contributed by atoms with Crippen LogP contribution >= 0.6 is 24.0 Å². The van der Waals surface area contributed by atoms with E-state index in [0.717, 1.165) is 49.2 Å². The number of rotatable bonds is 8. The highest BCUT2D eigenvalue weighted by molar-refractivity contribution is 6.37. The summed E-state index contributed by atoms with van der Waals surface area (Å²) in [4.78, 5) is 6.87. The second-order valence-electron chi connectivity index (χ2n) is 5.15. The molecule has 0 saturated carbocycles. The highest BCUT2D eigenvalue weighted by atomic mass is 35.5. The minimum absolute atomic E-state index is 0. The second kappa shape index (κ2) is 9.81. The molecule has 0 aliphatic rings. The van der Waals surface area contributed by atoms with Gasteiger partial charge in [0.1, 0.15) is 5.75 Å². The molecule has 0 saturated heterocycles. The molecular weight excluding hydrogens is 333 g/mol. The highest BCUT2D eigenvalue weighted by Gasteiger charge is 2.11. The molecule has 6 heteroatoms. The third-order valence-corrected chi connectivity index (χ3v) is 4.26. The molecule has 0 aliphatic heterocycles. The topological polar surface area (TPSA) is 37.4 Å². The van der Waals surface area contributed by atoms with E-state index in [-0.39, 0.29) is 12.4 Å². The lowest BCUT2D eigenvalue weighted by Crippen LogP contribution is -2.25. The molecular formula is C17H25Cl2N3O. The molecule has 0 atom stereocenters. The molecule has 0 radical (unpaired) electrons. The van der Waals surface area contributed by atoms with E-state index in [9.17, 15) is 0 Å². The number of halogens is 2. The average molecular weight is 358 g/mol. The Morgan fingerprint density at radius 3 is 2.70 bits per heavy atom. The number of fused-ring (bicyclic) bond motifs is 1. The molecule has 0 bridgehead atoms. The van der Waals surface area contributed by atoms with Gasteiger partial charge in [0.25, 0.3) is 0 Å². The molecule has 1 aromatic heterocycles. The summed E-state index contributed by atoms with van der Waals surface area (Å²) >= 11 is 6.35. The van der Waals surface area contributed by atoms with Crippen LogP contribution in [0.1, 0.15) is 20.3 Å². The van der Waals surface area contributed by atoms with Gasteiger partial charge in [-0.15, -0.1) is 12.4 Å². The van der Waals surface area contributed by atoms with E-state index in [1.165, 1.54) is 0 Å². The van der Waals surface area contributed by atoms with Gasteiger partial charge < -0.3 is 15.0 Å². The monoisotopic (exact) mass is 357 g/mol. The molecule has 2 aromatic rings. The van der Waals surface area contributed by atoms with Crippen molar-refractivity contribution >= 4 is 40.6 Å². The second-order valence-corrected chi connectivity index (χ2v) is 5.53. The Labute approximate surface area is 149 Å². The van der Waals surface area contributed by atoms with Crippen LogP contribution in [0.25, 0.3) is 10.9 Å². The first kappa shape index (κ1) is 19.8. The number of methoxy groups -OCH3 is 1. The number of anilines is 1. The van der Waals surface area contributed by atoms with Crippen LogP contribution in [0.4, 0.5) is 5.69 Å². The molecule has 4 nitrogen and oxygen atoms in total. The van der Waals surface area contributed by atoms with Crippen molar-refractivity contribution in [1.82, 2.24) is 9.88 Å². The summed E-state index contributed by atoms with van der Waals surface area (Å²) in [6.45, 7) is 8.56. The van der Waals surface area contributed by atoms with Crippen molar-refractivity contribution in [2.75, 3.05) is 38.6 Å². The van der Waals surface area contributed by atoms with E-state index in [0.29, 0.717) is 10.8 Å². The maximum absolute atomic E-state index is 6.35. The predicted octanol–water partition coefficient (Wildman–Crippen LogP) is 4.46. The lowest BCUT2D eigenvalue weighted by Gasteiger charge is -2.18. The first-order valence-corrected chi connectivity index (χ1v) is 8.16. The third-order valence-electron chi connectivity index (χ3n) is 3.87. The number of pyridine rings is 1. The van der Waals surface area contributed by atoms with Gasteiger partial charge in [0.15, 0.2) is 0 Å². The van der Waals surface area contributed by atoms with Crippen molar-refractivity contribution in [3.63, 3.8) is 0 Å². The van der Waals surface area contributed by atoms with Gasteiger partial charge in [-0.1, -0.05) is 25.4 Å². The number of nitrogens with one attached hydrogen (secondary N) is 1. The van der Waals surface area contributed by atoms with E-state index in [4.69, 9.17) is 16.3 Å². The number of hydrogen-bond donors (Lipinski definition) is 1. The van der Waals surface area contributed by atoms with Gasteiger partial charge in [0.05, 0.1) is 23.3 Å². The molecule has 1 aromatic carbocycles. The molecule has 2 rings (SSSR count). The zero-order chi connectivity index (χ0) is 15.9. The van der Waals surface area contributed by atoms with Gasteiger partial charge in [-0.05, 0) is 38.2 Å². The fourth-order valence-electron chi connectivity index (χ4n) is 2.54. The summed E-state index contributed by atoms with van der Waals surface area (Å²) < 4.78 is 5.37. The summed E-state index contributed by atoms with van der Waals surface area (Å²) in [6, 6.07) is 5.78. The van der Waals surface area contributed by atoms with Crippen molar-refractivity contribution in [1.29, 1.82) is 0 Å². The summed E-state index contributed by atoms with van der Waals surface area (Å²) in [5.74, 6) is 0.674. The van der Waals surface area contributed by atoms with E-state index in [1.54, 1.807) is 13.3 Å². The van der Waals surface area contributed by atoms with Crippen LogP contribution in [0.5, 0.6) is 5.75 Å². The molecule has 0 unspecified atom stereocenters. The molecule has 1 N–H and O–H groups in total. The maximum Gasteiger partial charge on any atom is 0.140 e. The molecule has 0 aliphatic carbocycles. The summed E-state index contributed by atoms with van der Waals surface area (Å²) in [5, 5.41) is 4.99.